The van der Waals surface area contributed by atoms with E-state index < -0.39 is 11.9 Å². The molecule has 0 radical (unpaired) electrons. The summed E-state index contributed by atoms with van der Waals surface area (Å²) in [5.74, 6) is 5.03. The van der Waals surface area contributed by atoms with Crippen LogP contribution >= 0.6 is 12.2 Å². The lowest BCUT2D eigenvalue weighted by Gasteiger charge is -2.06. The van der Waals surface area contributed by atoms with Crippen LogP contribution in [0, 0.1) is 5.82 Å². The minimum Gasteiger partial charge on any atom is -0.465 e. The zero-order valence-corrected chi connectivity index (χ0v) is 11.5. The fourth-order valence-electron chi connectivity index (χ4n) is 1.71. The van der Waals surface area contributed by atoms with Gasteiger partial charge in [0.2, 0.25) is 0 Å². The zero-order chi connectivity index (χ0) is 15.4. The first-order valence-electron chi connectivity index (χ1n) is 5.84. The molecule has 1 heterocycles. The topological polar surface area (TPSA) is 105 Å². The Morgan fingerprint density at radius 2 is 2.10 bits per heavy atom. The Hall–Kier alpha value is -2.52. The van der Waals surface area contributed by atoms with Gasteiger partial charge < -0.3 is 10.5 Å². The summed E-state index contributed by atoms with van der Waals surface area (Å²) < 4.78 is 14.3. The van der Waals surface area contributed by atoms with Gasteiger partial charge in [-0.05, 0) is 24.3 Å². The molecule has 0 atom stereocenters. The van der Waals surface area contributed by atoms with Gasteiger partial charge in [-0.15, -0.1) is 0 Å². The van der Waals surface area contributed by atoms with E-state index in [0.717, 1.165) is 0 Å². The van der Waals surface area contributed by atoms with Gasteiger partial charge in [-0.2, -0.15) is 5.10 Å². The third kappa shape index (κ3) is 3.74. The van der Waals surface area contributed by atoms with Gasteiger partial charge in [0.1, 0.15) is 11.6 Å². The summed E-state index contributed by atoms with van der Waals surface area (Å²) in [7, 11) is 0. The molecule has 21 heavy (non-hydrogen) atoms. The van der Waals surface area contributed by atoms with Crippen LogP contribution in [-0.4, -0.2) is 26.0 Å². The number of halogens is 1. The van der Waals surface area contributed by atoms with Gasteiger partial charge >= 0.3 is 6.09 Å². The van der Waals surface area contributed by atoms with Crippen LogP contribution in [0.2, 0.25) is 0 Å². The third-order valence-corrected chi connectivity index (χ3v) is 2.83. The summed E-state index contributed by atoms with van der Waals surface area (Å²) in [5, 5.41) is 15.3. The number of thiocarbonyl (C=S) groups is 1. The van der Waals surface area contributed by atoms with Crippen LogP contribution in [0.4, 0.5) is 15.0 Å². The van der Waals surface area contributed by atoms with Crippen LogP contribution in [0.1, 0.15) is 5.69 Å². The average molecular weight is 309 g/mol. The first-order valence-corrected chi connectivity index (χ1v) is 6.24. The molecule has 1 aromatic carbocycles. The summed E-state index contributed by atoms with van der Waals surface area (Å²) in [4.78, 5) is 11.2. The van der Waals surface area contributed by atoms with Gasteiger partial charge in [0.25, 0.3) is 0 Å². The Labute approximate surface area is 124 Å². The van der Waals surface area contributed by atoms with Crippen molar-refractivity contribution in [2.45, 2.75) is 6.42 Å². The van der Waals surface area contributed by atoms with Crippen LogP contribution in [0.5, 0.6) is 0 Å². The summed E-state index contributed by atoms with van der Waals surface area (Å²) >= 11 is 4.94. The van der Waals surface area contributed by atoms with E-state index in [1.54, 1.807) is 0 Å². The molecule has 9 heteroatoms. The average Bonchev–Trinajstić information content (AvgIpc) is 2.81. The highest BCUT2D eigenvalue weighted by Crippen LogP contribution is 2.18. The van der Waals surface area contributed by atoms with Crippen molar-refractivity contribution in [3.8, 4) is 5.69 Å². The lowest BCUT2D eigenvalue weighted by atomic mass is 10.3. The molecule has 1 amide bonds. The molecular weight excluding hydrogens is 297 g/mol. The van der Waals surface area contributed by atoms with Crippen LogP contribution in [-0.2, 0) is 6.42 Å². The van der Waals surface area contributed by atoms with Gasteiger partial charge in [0.15, 0.2) is 0 Å². The third-order valence-electron chi connectivity index (χ3n) is 2.57. The van der Waals surface area contributed by atoms with Gasteiger partial charge in [-0.1, -0.05) is 12.2 Å². The van der Waals surface area contributed by atoms with Crippen LogP contribution in [0.25, 0.3) is 5.69 Å². The van der Waals surface area contributed by atoms with Crippen molar-refractivity contribution in [1.29, 1.82) is 0 Å². The monoisotopic (exact) mass is 309 g/mol. The summed E-state index contributed by atoms with van der Waals surface area (Å²) in [6.45, 7) is 0. The van der Waals surface area contributed by atoms with Crippen molar-refractivity contribution in [1.82, 2.24) is 15.2 Å². The molecule has 0 saturated carbocycles. The second-order valence-electron chi connectivity index (χ2n) is 4.08. The van der Waals surface area contributed by atoms with Gasteiger partial charge in [-0.3, -0.25) is 11.2 Å². The van der Waals surface area contributed by atoms with Crippen LogP contribution in [0.3, 0.4) is 0 Å². The van der Waals surface area contributed by atoms with Crippen molar-refractivity contribution < 1.29 is 14.3 Å². The molecule has 0 spiro atoms. The number of carboxylic acid groups (broad SMARTS) is 1. The van der Waals surface area contributed by atoms with E-state index >= 15 is 0 Å². The van der Waals surface area contributed by atoms with Gasteiger partial charge in [-0.25, -0.2) is 13.9 Å². The molecule has 0 aliphatic heterocycles. The fraction of sp³-hybridized carbons (Fsp3) is 0.0833. The SMILES string of the molecule is NNC(=S)Cc1cc(NC(=O)O)n(-c2ccc(F)cc2)n1. The second-order valence-corrected chi connectivity index (χ2v) is 4.58. The Bertz CT molecular complexity index is 671. The van der Waals surface area contributed by atoms with Crippen molar-refractivity contribution in [2.24, 2.45) is 5.84 Å². The number of carbonyl (C=O) groups is 1. The highest BCUT2D eigenvalue weighted by atomic mass is 32.1. The van der Waals surface area contributed by atoms with E-state index in [9.17, 15) is 9.18 Å². The number of anilines is 1. The standard InChI is InChI=1S/C12H12FN5O2S/c13-7-1-3-9(4-2-7)18-10(15-12(19)20)5-8(17-18)6-11(21)16-14/h1-5,15H,6,14H2,(H,16,21)(H,19,20). The van der Waals surface area contributed by atoms with Crippen molar-refractivity contribution in [3.63, 3.8) is 0 Å². The van der Waals surface area contributed by atoms with Crippen LogP contribution < -0.4 is 16.6 Å². The number of hydrazine groups is 1. The van der Waals surface area contributed by atoms with E-state index in [0.29, 0.717) is 16.4 Å². The number of nitrogens with one attached hydrogen (secondary N) is 2. The number of amides is 1. The first kappa shape index (κ1) is 14.9. The molecule has 0 bridgehead atoms. The fourth-order valence-corrected chi connectivity index (χ4v) is 1.86. The molecule has 2 aromatic rings. The van der Waals surface area contributed by atoms with Gasteiger partial charge in [0.05, 0.1) is 16.4 Å². The summed E-state index contributed by atoms with van der Waals surface area (Å²) in [6.07, 6.45) is -0.974. The molecule has 5 N–H and O–H groups in total. The van der Waals surface area contributed by atoms with Crippen molar-refractivity contribution in [3.05, 3.63) is 41.8 Å². The van der Waals surface area contributed by atoms with E-state index in [1.807, 2.05) is 0 Å². The molecule has 7 nitrogen and oxygen atoms in total. The van der Waals surface area contributed by atoms with E-state index in [4.69, 9.17) is 23.2 Å². The van der Waals surface area contributed by atoms with E-state index in [1.165, 1.54) is 35.0 Å². The van der Waals surface area contributed by atoms with Crippen molar-refractivity contribution in [2.75, 3.05) is 5.32 Å². The van der Waals surface area contributed by atoms with E-state index in [-0.39, 0.29) is 12.2 Å². The van der Waals surface area contributed by atoms with Gasteiger partial charge in [0, 0.05) is 12.5 Å². The molecule has 0 unspecified atom stereocenters. The zero-order valence-electron chi connectivity index (χ0n) is 10.7. The first-order chi connectivity index (χ1) is 9.99. The molecule has 110 valence electrons. The predicted octanol–water partition coefficient (Wildman–Crippen LogP) is 1.43. The van der Waals surface area contributed by atoms with Crippen molar-refractivity contribution >= 4 is 29.1 Å². The molecule has 1 aromatic heterocycles. The highest BCUT2D eigenvalue weighted by Gasteiger charge is 2.13. The maximum Gasteiger partial charge on any atom is 0.410 e. The normalized spacial score (nSPS) is 10.2. The summed E-state index contributed by atoms with van der Waals surface area (Å²) in [5.41, 5.74) is 3.36. The number of hydrogen-bond acceptors (Lipinski definition) is 4. The second kappa shape index (κ2) is 6.29. The lowest BCUT2D eigenvalue weighted by Crippen LogP contribution is -2.29. The Balaban J connectivity index is 2.39. The Morgan fingerprint density at radius 1 is 1.43 bits per heavy atom. The van der Waals surface area contributed by atoms with E-state index in [2.05, 4.69) is 15.8 Å². The quantitative estimate of drug-likeness (QED) is 0.387. The maximum absolute atomic E-state index is 13.0. The predicted molar refractivity (Wildman–Crippen MR) is 78.8 cm³/mol. The molecule has 0 aliphatic carbocycles. The largest absolute Gasteiger partial charge is 0.465 e. The Kier molecular flexibility index (Phi) is 4.45. The number of benzene rings is 1. The number of hydrogen-bond donors (Lipinski definition) is 4. The number of nitrogens with zero attached hydrogens (tertiary/aromatic N) is 2. The molecule has 0 aliphatic rings. The van der Waals surface area contributed by atoms with Crippen LogP contribution in [0.15, 0.2) is 30.3 Å². The number of aromatic nitrogens is 2. The Morgan fingerprint density at radius 3 is 2.67 bits per heavy atom. The lowest BCUT2D eigenvalue weighted by molar-refractivity contribution is 0.209. The number of rotatable bonds is 4. The molecule has 2 rings (SSSR count). The maximum atomic E-state index is 13.0. The summed E-state index contributed by atoms with van der Waals surface area (Å²) in [6, 6.07) is 7.01. The minimum atomic E-state index is -1.23. The molecule has 0 saturated heterocycles. The minimum absolute atomic E-state index is 0.226. The number of nitrogens with two attached hydrogens (primary N) is 1. The molecule has 0 fully saturated rings. The smallest absolute Gasteiger partial charge is 0.410 e. The molecular formula is C12H12FN5O2S. The highest BCUT2D eigenvalue weighted by molar-refractivity contribution is 7.80.